The standard InChI is InChI=1S/C44H55ClN8O5/c1-26-31(6-4-8-33(26)48-42(55)40-47-36-25-53(23-20-38(36)51(40)3)29-14-16-30(54)17-15-29)32-7-5-9-34(39(32)45)49-43(56)41-46-35-24-52(22-19-37(35)50(41)2)21-18-27-10-12-28(13-11-27)44(57)58/h4-9,27-30,54H,10-25H2,1-3H3,(H,48,55)(H,49,56)(H,57,58). The largest absolute Gasteiger partial charge is 0.481 e. The molecule has 2 saturated carbocycles. The second-order valence-corrected chi connectivity index (χ2v) is 17.3. The van der Waals surface area contributed by atoms with Gasteiger partial charge < -0.3 is 30.0 Å². The Morgan fingerprint density at radius 3 is 2.02 bits per heavy atom. The molecule has 14 heteroatoms. The van der Waals surface area contributed by atoms with Crippen molar-refractivity contribution < 1.29 is 24.6 Å². The van der Waals surface area contributed by atoms with E-state index in [1.54, 1.807) is 6.07 Å². The Hall–Kier alpha value is -4.56. The summed E-state index contributed by atoms with van der Waals surface area (Å²) < 4.78 is 3.81. The van der Waals surface area contributed by atoms with Crippen LogP contribution in [0, 0.1) is 18.8 Å². The number of aliphatic hydroxyl groups excluding tert-OH is 1. The van der Waals surface area contributed by atoms with Crippen LogP contribution in [0.25, 0.3) is 11.1 Å². The van der Waals surface area contributed by atoms with Crippen molar-refractivity contribution in [2.24, 2.45) is 25.9 Å². The van der Waals surface area contributed by atoms with Crippen LogP contribution in [0.15, 0.2) is 36.4 Å². The Bertz CT molecular complexity index is 2200. The third kappa shape index (κ3) is 8.19. The van der Waals surface area contributed by atoms with Gasteiger partial charge in [-0.2, -0.15) is 0 Å². The van der Waals surface area contributed by atoms with Crippen molar-refractivity contribution in [1.82, 2.24) is 28.9 Å². The molecule has 2 aromatic heterocycles. The summed E-state index contributed by atoms with van der Waals surface area (Å²) in [4.78, 5) is 53.3. The van der Waals surface area contributed by atoms with E-state index in [4.69, 9.17) is 21.6 Å². The summed E-state index contributed by atoms with van der Waals surface area (Å²) in [6.07, 6.45) is 9.59. The number of rotatable bonds is 10. The molecule has 4 aliphatic rings. The van der Waals surface area contributed by atoms with E-state index in [1.807, 2.05) is 60.5 Å². The predicted molar refractivity (Wildman–Crippen MR) is 223 cm³/mol. The lowest BCUT2D eigenvalue weighted by molar-refractivity contribution is -0.143. The van der Waals surface area contributed by atoms with Crippen molar-refractivity contribution in [2.75, 3.05) is 30.3 Å². The quantitative estimate of drug-likeness (QED) is 0.139. The highest BCUT2D eigenvalue weighted by Gasteiger charge is 2.32. The van der Waals surface area contributed by atoms with Crippen LogP contribution in [0.5, 0.6) is 0 Å². The van der Waals surface area contributed by atoms with Gasteiger partial charge in [0.2, 0.25) is 0 Å². The van der Waals surface area contributed by atoms with Crippen molar-refractivity contribution in [1.29, 1.82) is 0 Å². The third-order valence-corrected chi connectivity index (χ3v) is 13.8. The zero-order chi connectivity index (χ0) is 40.7. The third-order valence-electron chi connectivity index (χ3n) is 13.4. The smallest absolute Gasteiger partial charge is 0.306 e. The van der Waals surface area contributed by atoms with E-state index in [9.17, 15) is 24.6 Å². The molecule has 2 amide bonds. The van der Waals surface area contributed by atoms with Crippen LogP contribution in [0.2, 0.25) is 5.02 Å². The zero-order valence-electron chi connectivity index (χ0n) is 33.8. The van der Waals surface area contributed by atoms with Crippen molar-refractivity contribution in [3.8, 4) is 11.1 Å². The number of carbonyl (C=O) groups excluding carboxylic acids is 2. The lowest BCUT2D eigenvalue weighted by atomic mass is 9.80. The van der Waals surface area contributed by atoms with E-state index in [0.717, 1.165) is 130 Å². The van der Waals surface area contributed by atoms with Gasteiger partial charge in [0.05, 0.1) is 34.1 Å². The number of anilines is 2. The molecular formula is C44H55ClN8O5. The Morgan fingerprint density at radius 1 is 0.776 bits per heavy atom. The normalized spacial score (nSPS) is 22.6. The summed E-state index contributed by atoms with van der Waals surface area (Å²) >= 11 is 7.04. The number of amides is 2. The van der Waals surface area contributed by atoms with Crippen molar-refractivity contribution in [3.63, 3.8) is 0 Å². The minimum absolute atomic E-state index is 0.192. The van der Waals surface area contributed by atoms with Gasteiger partial charge in [0.25, 0.3) is 11.8 Å². The number of carboxylic acids is 1. The van der Waals surface area contributed by atoms with Gasteiger partial charge >= 0.3 is 5.97 Å². The molecule has 2 fully saturated rings. The number of aliphatic hydroxyl groups is 1. The highest BCUT2D eigenvalue weighted by molar-refractivity contribution is 6.36. The maximum atomic E-state index is 13.8. The molecule has 13 nitrogen and oxygen atoms in total. The number of hydrogen-bond acceptors (Lipinski definition) is 8. The lowest BCUT2D eigenvalue weighted by Crippen LogP contribution is -2.42. The molecular weight excluding hydrogens is 756 g/mol. The van der Waals surface area contributed by atoms with E-state index in [0.29, 0.717) is 53.1 Å². The minimum Gasteiger partial charge on any atom is -0.481 e. The molecule has 4 aromatic rings. The van der Waals surface area contributed by atoms with Crippen molar-refractivity contribution >= 4 is 40.8 Å². The summed E-state index contributed by atoms with van der Waals surface area (Å²) in [5.41, 5.74) is 7.51. The number of imidazole rings is 2. The van der Waals surface area contributed by atoms with Crippen LogP contribution in [0.1, 0.15) is 107 Å². The first-order valence-corrected chi connectivity index (χ1v) is 21.3. The number of carbonyl (C=O) groups is 3. The van der Waals surface area contributed by atoms with E-state index >= 15 is 0 Å². The van der Waals surface area contributed by atoms with Gasteiger partial charge in [0.15, 0.2) is 11.6 Å². The predicted octanol–water partition coefficient (Wildman–Crippen LogP) is 6.59. The first-order chi connectivity index (χ1) is 27.9. The summed E-state index contributed by atoms with van der Waals surface area (Å²) in [6.45, 7) is 6.07. The fraction of sp³-hybridized carbons (Fsp3) is 0.523. The fourth-order valence-electron chi connectivity index (χ4n) is 9.78. The number of nitrogens with zero attached hydrogens (tertiary/aromatic N) is 6. The number of nitrogens with one attached hydrogen (secondary N) is 2. The number of benzene rings is 2. The molecule has 0 bridgehead atoms. The van der Waals surface area contributed by atoms with Gasteiger partial charge in [0, 0.05) is 81.8 Å². The zero-order valence-corrected chi connectivity index (χ0v) is 34.5. The molecule has 308 valence electrons. The van der Waals surface area contributed by atoms with Gasteiger partial charge in [-0.25, -0.2) is 9.97 Å². The van der Waals surface area contributed by atoms with E-state index in [-0.39, 0.29) is 23.8 Å². The average Bonchev–Trinajstić information content (AvgIpc) is 3.74. The SMILES string of the molecule is Cc1c(NC(=O)c2nc3c(n2C)CCN(C2CCC(O)CC2)C3)cccc1-c1cccc(NC(=O)c2nc3c(n2C)CCN(CCC2CCC(C(=O)O)CC2)C3)c1Cl. The van der Waals surface area contributed by atoms with Gasteiger partial charge in [-0.15, -0.1) is 0 Å². The fourth-order valence-corrected chi connectivity index (χ4v) is 10.1. The van der Waals surface area contributed by atoms with Crippen LogP contribution >= 0.6 is 11.6 Å². The average molecular weight is 811 g/mol. The summed E-state index contributed by atoms with van der Waals surface area (Å²) in [6, 6.07) is 11.7. The Morgan fingerprint density at radius 2 is 1.36 bits per heavy atom. The lowest BCUT2D eigenvalue weighted by Gasteiger charge is -2.37. The van der Waals surface area contributed by atoms with Gasteiger partial charge in [-0.1, -0.05) is 35.9 Å². The second-order valence-electron chi connectivity index (χ2n) is 16.9. The Balaban J connectivity index is 0.917. The van der Waals surface area contributed by atoms with E-state index in [2.05, 4.69) is 20.4 Å². The number of aromatic nitrogens is 4. The van der Waals surface area contributed by atoms with Gasteiger partial charge in [-0.05, 0) is 100 Å². The van der Waals surface area contributed by atoms with Crippen molar-refractivity contribution in [3.05, 3.63) is 81.4 Å². The molecule has 0 unspecified atom stereocenters. The maximum Gasteiger partial charge on any atom is 0.306 e. The number of fused-ring (bicyclic) bond motifs is 2. The first kappa shape index (κ1) is 40.2. The molecule has 8 rings (SSSR count). The van der Waals surface area contributed by atoms with Crippen LogP contribution in [0.4, 0.5) is 11.4 Å². The van der Waals surface area contributed by atoms with E-state index in [1.165, 1.54) is 0 Å². The number of halogens is 1. The van der Waals surface area contributed by atoms with Crippen LogP contribution in [-0.4, -0.2) is 88.7 Å². The molecule has 0 saturated heterocycles. The summed E-state index contributed by atoms with van der Waals surface area (Å²) in [7, 11) is 3.79. The molecule has 58 heavy (non-hydrogen) atoms. The minimum atomic E-state index is -0.667. The molecule has 0 atom stereocenters. The van der Waals surface area contributed by atoms with Crippen molar-refractivity contribution in [2.45, 2.75) is 103 Å². The topological polar surface area (TPSA) is 158 Å². The summed E-state index contributed by atoms with van der Waals surface area (Å²) in [5, 5.41) is 25.8. The Kier molecular flexibility index (Phi) is 11.8. The molecule has 0 spiro atoms. The summed E-state index contributed by atoms with van der Waals surface area (Å²) in [5.74, 6) is -0.218. The maximum absolute atomic E-state index is 13.8. The second kappa shape index (κ2) is 17.0. The van der Waals surface area contributed by atoms with Crippen LogP contribution < -0.4 is 10.6 Å². The molecule has 0 radical (unpaired) electrons. The molecule has 4 N–H and O–H groups in total. The molecule has 4 heterocycles. The number of carboxylic acid groups (broad SMARTS) is 1. The molecule has 2 aliphatic heterocycles. The van der Waals surface area contributed by atoms with E-state index < -0.39 is 5.97 Å². The molecule has 2 aliphatic carbocycles. The van der Waals surface area contributed by atoms with Crippen LogP contribution in [0.3, 0.4) is 0 Å². The van der Waals surface area contributed by atoms with Gasteiger partial charge in [-0.3, -0.25) is 24.2 Å². The highest BCUT2D eigenvalue weighted by Crippen LogP contribution is 2.38. The first-order valence-electron chi connectivity index (χ1n) is 20.9. The van der Waals surface area contributed by atoms with Crippen LogP contribution in [-0.2, 0) is 44.8 Å². The number of hydrogen-bond donors (Lipinski definition) is 4. The van der Waals surface area contributed by atoms with Gasteiger partial charge in [0.1, 0.15) is 0 Å². The Labute approximate surface area is 344 Å². The molecule has 2 aromatic carbocycles. The monoisotopic (exact) mass is 810 g/mol. The highest BCUT2D eigenvalue weighted by atomic mass is 35.5. The number of aliphatic carboxylic acids is 1.